The standard InChI is InChI=1S/C22H28N6O/c1-2-28-16-23-13-21(28)15-27-10-8-18(14-27)11-17-3-5-19(6-4-17)22(29)24-12-20-7-9-25-26-20/h3-7,9,13,16,18H,2,8,10-12,14-15H2,1H3,(H,24,29)(H,25,26). The molecule has 3 heterocycles. The van der Waals surface area contributed by atoms with Crippen molar-refractivity contribution < 1.29 is 4.79 Å². The summed E-state index contributed by atoms with van der Waals surface area (Å²) in [4.78, 5) is 19.1. The van der Waals surface area contributed by atoms with Gasteiger partial charge in [0.15, 0.2) is 0 Å². The minimum atomic E-state index is -0.0641. The molecule has 4 rings (SSSR count). The highest BCUT2D eigenvalue weighted by atomic mass is 16.1. The van der Waals surface area contributed by atoms with Crippen molar-refractivity contribution >= 4 is 5.91 Å². The van der Waals surface area contributed by atoms with Gasteiger partial charge in [-0.2, -0.15) is 5.10 Å². The summed E-state index contributed by atoms with van der Waals surface area (Å²) in [6.07, 6.45) is 7.84. The van der Waals surface area contributed by atoms with Crippen molar-refractivity contribution in [2.24, 2.45) is 5.92 Å². The monoisotopic (exact) mass is 392 g/mol. The quantitative estimate of drug-likeness (QED) is 0.618. The van der Waals surface area contributed by atoms with Gasteiger partial charge in [0.1, 0.15) is 0 Å². The van der Waals surface area contributed by atoms with Crippen molar-refractivity contribution in [1.29, 1.82) is 0 Å². The van der Waals surface area contributed by atoms with E-state index in [0.29, 0.717) is 18.0 Å². The second-order valence-electron chi connectivity index (χ2n) is 7.73. The van der Waals surface area contributed by atoms with Gasteiger partial charge in [0.25, 0.3) is 5.91 Å². The van der Waals surface area contributed by atoms with E-state index < -0.39 is 0 Å². The van der Waals surface area contributed by atoms with Gasteiger partial charge in [0, 0.05) is 37.6 Å². The SMILES string of the molecule is CCn1cncc1CN1CCC(Cc2ccc(C(=O)NCc3ccn[nH]3)cc2)C1. The number of benzene rings is 1. The second kappa shape index (κ2) is 9.05. The summed E-state index contributed by atoms with van der Waals surface area (Å²) in [5.41, 5.74) is 4.16. The molecule has 0 aliphatic carbocycles. The lowest BCUT2D eigenvalue weighted by Crippen LogP contribution is -2.23. The molecule has 7 nitrogen and oxygen atoms in total. The summed E-state index contributed by atoms with van der Waals surface area (Å²) in [5, 5.41) is 9.63. The third-order valence-electron chi connectivity index (χ3n) is 5.63. The molecule has 1 unspecified atom stereocenters. The van der Waals surface area contributed by atoms with Crippen LogP contribution in [0.15, 0.2) is 49.1 Å². The van der Waals surface area contributed by atoms with E-state index in [0.717, 1.165) is 38.3 Å². The van der Waals surface area contributed by atoms with E-state index in [9.17, 15) is 4.79 Å². The smallest absolute Gasteiger partial charge is 0.251 e. The van der Waals surface area contributed by atoms with Gasteiger partial charge in [-0.3, -0.25) is 14.8 Å². The van der Waals surface area contributed by atoms with E-state index >= 15 is 0 Å². The maximum atomic E-state index is 12.3. The van der Waals surface area contributed by atoms with Gasteiger partial charge in [-0.15, -0.1) is 0 Å². The molecule has 7 heteroatoms. The van der Waals surface area contributed by atoms with E-state index in [2.05, 4.69) is 49.0 Å². The molecule has 1 saturated heterocycles. The molecule has 2 aromatic heterocycles. The molecule has 1 aliphatic heterocycles. The molecular formula is C22H28N6O. The van der Waals surface area contributed by atoms with Crippen LogP contribution in [0.5, 0.6) is 0 Å². The van der Waals surface area contributed by atoms with Crippen LogP contribution in [0.4, 0.5) is 0 Å². The molecule has 0 bridgehead atoms. The maximum Gasteiger partial charge on any atom is 0.251 e. The highest BCUT2D eigenvalue weighted by Gasteiger charge is 2.23. The molecule has 1 fully saturated rings. The van der Waals surface area contributed by atoms with Gasteiger partial charge in [-0.1, -0.05) is 12.1 Å². The second-order valence-corrected chi connectivity index (χ2v) is 7.73. The Balaban J connectivity index is 1.26. The molecule has 0 spiro atoms. The predicted octanol–water partition coefficient (Wildman–Crippen LogP) is 2.62. The molecule has 1 aliphatic rings. The Morgan fingerprint density at radius 2 is 2.14 bits per heavy atom. The lowest BCUT2D eigenvalue weighted by atomic mass is 9.98. The summed E-state index contributed by atoms with van der Waals surface area (Å²) in [5.74, 6) is 0.596. The molecule has 152 valence electrons. The fraction of sp³-hybridized carbons (Fsp3) is 0.409. The number of hydrogen-bond donors (Lipinski definition) is 2. The van der Waals surface area contributed by atoms with E-state index in [1.165, 1.54) is 17.7 Å². The van der Waals surface area contributed by atoms with E-state index in [1.54, 1.807) is 6.20 Å². The van der Waals surface area contributed by atoms with E-state index in [-0.39, 0.29) is 5.91 Å². The summed E-state index contributed by atoms with van der Waals surface area (Å²) in [6.45, 7) is 6.79. The van der Waals surface area contributed by atoms with Crippen molar-refractivity contribution in [3.8, 4) is 0 Å². The third kappa shape index (κ3) is 4.92. The summed E-state index contributed by atoms with van der Waals surface area (Å²) >= 11 is 0. The first-order valence-electron chi connectivity index (χ1n) is 10.3. The van der Waals surface area contributed by atoms with Crippen LogP contribution in [0.3, 0.4) is 0 Å². The third-order valence-corrected chi connectivity index (χ3v) is 5.63. The topological polar surface area (TPSA) is 78.8 Å². The van der Waals surface area contributed by atoms with E-state index in [1.807, 2.05) is 30.7 Å². The van der Waals surface area contributed by atoms with Crippen molar-refractivity contribution in [2.45, 2.75) is 39.4 Å². The molecule has 1 amide bonds. The van der Waals surface area contributed by atoms with Gasteiger partial charge in [-0.25, -0.2) is 4.98 Å². The normalized spacial score (nSPS) is 16.9. The fourth-order valence-corrected chi connectivity index (χ4v) is 4.00. The number of amides is 1. The number of H-pyrrole nitrogens is 1. The Bertz CT molecular complexity index is 915. The molecule has 2 N–H and O–H groups in total. The molecule has 1 aromatic carbocycles. The Morgan fingerprint density at radius 3 is 2.90 bits per heavy atom. The molecule has 0 saturated carbocycles. The lowest BCUT2D eigenvalue weighted by Gasteiger charge is -2.17. The Labute approximate surface area is 171 Å². The van der Waals surface area contributed by atoms with Crippen LogP contribution in [0.2, 0.25) is 0 Å². The number of aromatic nitrogens is 4. The van der Waals surface area contributed by atoms with Crippen molar-refractivity contribution in [3.63, 3.8) is 0 Å². The van der Waals surface area contributed by atoms with Gasteiger partial charge in [0.05, 0.1) is 24.3 Å². The van der Waals surface area contributed by atoms with Crippen molar-refractivity contribution in [3.05, 3.63) is 71.6 Å². The van der Waals surface area contributed by atoms with Crippen LogP contribution < -0.4 is 5.32 Å². The lowest BCUT2D eigenvalue weighted by molar-refractivity contribution is 0.0950. The van der Waals surface area contributed by atoms with Crippen molar-refractivity contribution in [1.82, 2.24) is 30.0 Å². The van der Waals surface area contributed by atoms with Crippen LogP contribution in [-0.4, -0.2) is 43.6 Å². The first-order valence-corrected chi connectivity index (χ1v) is 10.3. The van der Waals surface area contributed by atoms with Crippen LogP contribution in [0.1, 0.15) is 40.7 Å². The average Bonchev–Trinajstić information content (AvgIpc) is 3.49. The summed E-state index contributed by atoms with van der Waals surface area (Å²) in [6, 6.07) is 9.86. The Hall–Kier alpha value is -2.93. The van der Waals surface area contributed by atoms with Gasteiger partial charge >= 0.3 is 0 Å². The zero-order valence-electron chi connectivity index (χ0n) is 16.8. The number of carbonyl (C=O) groups is 1. The number of likely N-dealkylation sites (tertiary alicyclic amines) is 1. The fourth-order valence-electron chi connectivity index (χ4n) is 4.00. The predicted molar refractivity (Wildman–Crippen MR) is 111 cm³/mol. The molecule has 0 radical (unpaired) electrons. The van der Waals surface area contributed by atoms with Crippen molar-refractivity contribution in [2.75, 3.05) is 13.1 Å². The highest BCUT2D eigenvalue weighted by molar-refractivity contribution is 5.94. The summed E-state index contributed by atoms with van der Waals surface area (Å²) < 4.78 is 2.21. The zero-order chi connectivity index (χ0) is 20.1. The average molecular weight is 393 g/mol. The number of aryl methyl sites for hydroxylation is 1. The number of hydrogen-bond acceptors (Lipinski definition) is 4. The van der Waals surface area contributed by atoms with Gasteiger partial charge in [0.2, 0.25) is 0 Å². The summed E-state index contributed by atoms with van der Waals surface area (Å²) in [7, 11) is 0. The highest BCUT2D eigenvalue weighted by Crippen LogP contribution is 2.22. The van der Waals surface area contributed by atoms with E-state index in [4.69, 9.17) is 0 Å². The van der Waals surface area contributed by atoms with Crippen LogP contribution >= 0.6 is 0 Å². The minimum absolute atomic E-state index is 0.0641. The maximum absolute atomic E-state index is 12.3. The minimum Gasteiger partial charge on any atom is -0.346 e. The van der Waals surface area contributed by atoms with Crippen LogP contribution in [-0.2, 0) is 26.1 Å². The molecular weight excluding hydrogens is 364 g/mol. The van der Waals surface area contributed by atoms with Crippen LogP contribution in [0.25, 0.3) is 0 Å². The number of nitrogens with one attached hydrogen (secondary N) is 2. The number of imidazole rings is 1. The Kier molecular flexibility index (Phi) is 6.05. The van der Waals surface area contributed by atoms with Gasteiger partial charge in [-0.05, 0) is 56.0 Å². The number of carbonyl (C=O) groups excluding carboxylic acids is 1. The largest absolute Gasteiger partial charge is 0.346 e. The van der Waals surface area contributed by atoms with Crippen LogP contribution in [0, 0.1) is 5.92 Å². The number of rotatable bonds is 8. The molecule has 29 heavy (non-hydrogen) atoms. The molecule has 3 aromatic rings. The Morgan fingerprint density at radius 1 is 1.28 bits per heavy atom. The first kappa shape index (κ1) is 19.4. The number of nitrogens with zero attached hydrogens (tertiary/aromatic N) is 4. The first-order chi connectivity index (χ1) is 14.2. The number of aromatic amines is 1. The zero-order valence-corrected chi connectivity index (χ0v) is 16.8. The molecule has 1 atom stereocenters. The van der Waals surface area contributed by atoms with Gasteiger partial charge < -0.3 is 9.88 Å².